The Morgan fingerprint density at radius 1 is 1.45 bits per heavy atom. The van der Waals surface area contributed by atoms with Gasteiger partial charge < -0.3 is 20.2 Å². The number of anilines is 1. The molecule has 2 amide bonds. The molecule has 0 fully saturated rings. The maximum absolute atomic E-state index is 12.0. The zero-order valence-electron chi connectivity index (χ0n) is 12.0. The number of aliphatic hydroxyl groups is 1. The molecule has 0 bridgehead atoms. The van der Waals surface area contributed by atoms with Crippen molar-refractivity contribution >= 4 is 35.1 Å². The van der Waals surface area contributed by atoms with Crippen molar-refractivity contribution in [3.63, 3.8) is 0 Å². The zero-order chi connectivity index (χ0) is 15.9. The summed E-state index contributed by atoms with van der Waals surface area (Å²) in [6.45, 7) is -0.251. The lowest BCUT2D eigenvalue weighted by Crippen LogP contribution is -2.34. The molecule has 0 spiro atoms. The van der Waals surface area contributed by atoms with Gasteiger partial charge in [0.05, 0.1) is 12.9 Å². The fraction of sp³-hybridized carbons (Fsp3) is 0.267. The monoisotopic (exact) mass is 340 g/mol. The summed E-state index contributed by atoms with van der Waals surface area (Å²) in [4.78, 5) is 12.0. The van der Waals surface area contributed by atoms with E-state index in [-0.39, 0.29) is 6.61 Å². The Kier molecular flexibility index (Phi) is 6.18. The number of rotatable bonds is 6. The van der Waals surface area contributed by atoms with Crippen LogP contribution < -0.4 is 10.6 Å². The van der Waals surface area contributed by atoms with Gasteiger partial charge in [0.15, 0.2) is 0 Å². The number of nitrogens with one attached hydrogen (secondary N) is 2. The van der Waals surface area contributed by atoms with Crippen molar-refractivity contribution in [3.05, 3.63) is 52.9 Å². The fourth-order valence-corrected chi connectivity index (χ4v) is 2.75. The molecule has 1 aromatic carbocycles. The Morgan fingerprint density at radius 3 is 2.91 bits per heavy atom. The highest BCUT2D eigenvalue weighted by Crippen LogP contribution is 2.24. The van der Waals surface area contributed by atoms with Crippen LogP contribution >= 0.6 is 23.4 Å². The van der Waals surface area contributed by atoms with Crippen LogP contribution in [-0.4, -0.2) is 24.0 Å². The molecule has 0 saturated heterocycles. The normalized spacial score (nSPS) is 12.0. The molecule has 3 N–H and O–H groups in total. The highest BCUT2D eigenvalue weighted by Gasteiger charge is 2.16. The quantitative estimate of drug-likeness (QED) is 0.750. The molecule has 1 atom stereocenters. The van der Waals surface area contributed by atoms with Gasteiger partial charge in [0.2, 0.25) is 0 Å². The molecule has 1 aromatic heterocycles. The predicted octanol–water partition coefficient (Wildman–Crippen LogP) is 3.65. The van der Waals surface area contributed by atoms with E-state index in [1.165, 1.54) is 6.26 Å². The zero-order valence-corrected chi connectivity index (χ0v) is 13.6. The first-order valence-corrected chi connectivity index (χ1v) is 8.40. The summed E-state index contributed by atoms with van der Waals surface area (Å²) < 4.78 is 5.18. The Morgan fingerprint density at radius 2 is 2.27 bits per heavy atom. The summed E-state index contributed by atoms with van der Waals surface area (Å²) in [5.41, 5.74) is 1.60. The van der Waals surface area contributed by atoms with Gasteiger partial charge in [-0.25, -0.2) is 4.79 Å². The number of hydrogen-bond acceptors (Lipinski definition) is 4. The Hall–Kier alpha value is -1.63. The van der Waals surface area contributed by atoms with Crippen LogP contribution in [0.1, 0.15) is 17.4 Å². The number of urea groups is 1. The second kappa shape index (κ2) is 8.12. The van der Waals surface area contributed by atoms with E-state index in [2.05, 4.69) is 10.6 Å². The van der Waals surface area contributed by atoms with Gasteiger partial charge in [-0.15, -0.1) is 0 Å². The first kappa shape index (κ1) is 16.7. The Labute approximate surface area is 138 Å². The third-order valence-corrected chi connectivity index (χ3v) is 3.95. The number of thioether (sulfide) groups is 1. The molecule has 0 aliphatic carbocycles. The van der Waals surface area contributed by atoms with Crippen LogP contribution in [0.5, 0.6) is 0 Å². The van der Waals surface area contributed by atoms with Crippen molar-refractivity contribution in [2.24, 2.45) is 0 Å². The van der Waals surface area contributed by atoms with E-state index in [1.54, 1.807) is 36.0 Å². The maximum atomic E-state index is 12.0. The molecule has 0 saturated carbocycles. The number of benzene rings is 1. The summed E-state index contributed by atoms with van der Waals surface area (Å²) in [7, 11) is 0. The van der Waals surface area contributed by atoms with Crippen LogP contribution in [0.2, 0.25) is 5.02 Å². The minimum absolute atomic E-state index is 0.251. The molecule has 1 heterocycles. The second-order valence-corrected chi connectivity index (χ2v) is 5.86. The number of hydrogen-bond donors (Lipinski definition) is 3. The van der Waals surface area contributed by atoms with E-state index in [0.717, 1.165) is 11.3 Å². The van der Waals surface area contributed by atoms with Crippen molar-refractivity contribution < 1.29 is 14.3 Å². The number of amides is 2. The van der Waals surface area contributed by atoms with Crippen molar-refractivity contribution in [1.82, 2.24) is 5.32 Å². The largest absolute Gasteiger partial charge is 0.467 e. The van der Waals surface area contributed by atoms with E-state index in [9.17, 15) is 9.90 Å². The second-order valence-electron chi connectivity index (χ2n) is 4.59. The molecule has 0 aliphatic heterocycles. The van der Waals surface area contributed by atoms with Crippen LogP contribution in [0.15, 0.2) is 41.0 Å². The Bertz CT molecular complexity index is 619. The van der Waals surface area contributed by atoms with E-state index < -0.39 is 12.1 Å². The summed E-state index contributed by atoms with van der Waals surface area (Å²) in [5.74, 6) is 1.26. The average Bonchev–Trinajstić information content (AvgIpc) is 3.02. The fourth-order valence-electron chi connectivity index (χ4n) is 1.94. The third kappa shape index (κ3) is 4.43. The lowest BCUT2D eigenvalue weighted by molar-refractivity contribution is 0.215. The summed E-state index contributed by atoms with van der Waals surface area (Å²) in [6, 6.07) is 7.69. The minimum Gasteiger partial charge on any atom is -0.467 e. The smallest absolute Gasteiger partial charge is 0.319 e. The van der Waals surface area contributed by atoms with Gasteiger partial charge in [0.1, 0.15) is 11.8 Å². The maximum Gasteiger partial charge on any atom is 0.319 e. The molecule has 0 unspecified atom stereocenters. The van der Waals surface area contributed by atoms with Crippen LogP contribution in [0.3, 0.4) is 0 Å². The standard InChI is InChI=1S/C15H17ClN2O3S/c1-22-9-10-7-11(4-5-12(10)16)17-15(20)18-13(8-19)14-3-2-6-21-14/h2-7,13,19H,8-9H2,1H3,(H2,17,18,20)/t13-/m0/s1. The first-order chi connectivity index (χ1) is 10.6. The SMILES string of the molecule is CSCc1cc(NC(=O)N[C@@H](CO)c2ccco2)ccc1Cl. The lowest BCUT2D eigenvalue weighted by atomic mass is 10.2. The van der Waals surface area contributed by atoms with Gasteiger partial charge in [-0.1, -0.05) is 11.6 Å². The van der Waals surface area contributed by atoms with Crippen LogP contribution in [0.25, 0.3) is 0 Å². The molecule has 118 valence electrons. The van der Waals surface area contributed by atoms with E-state index >= 15 is 0 Å². The highest BCUT2D eigenvalue weighted by molar-refractivity contribution is 7.97. The van der Waals surface area contributed by atoms with Crippen LogP contribution in [0.4, 0.5) is 10.5 Å². The van der Waals surface area contributed by atoms with Crippen molar-refractivity contribution in [2.45, 2.75) is 11.8 Å². The van der Waals surface area contributed by atoms with Gasteiger partial charge in [0.25, 0.3) is 0 Å². The van der Waals surface area contributed by atoms with Crippen molar-refractivity contribution in [2.75, 3.05) is 18.2 Å². The Balaban J connectivity index is 2.01. The molecule has 7 heteroatoms. The molecule has 0 radical (unpaired) electrons. The van der Waals surface area contributed by atoms with Crippen LogP contribution in [0, 0.1) is 0 Å². The van der Waals surface area contributed by atoms with Crippen LogP contribution in [-0.2, 0) is 5.75 Å². The minimum atomic E-state index is -0.590. The van der Waals surface area contributed by atoms with E-state index in [4.69, 9.17) is 16.0 Å². The highest BCUT2D eigenvalue weighted by atomic mass is 35.5. The number of aliphatic hydroxyl groups excluding tert-OH is 1. The van der Waals surface area contributed by atoms with Gasteiger partial charge in [0, 0.05) is 16.5 Å². The predicted molar refractivity (Wildman–Crippen MR) is 89.4 cm³/mol. The molecule has 2 rings (SSSR count). The van der Waals surface area contributed by atoms with Gasteiger partial charge in [-0.3, -0.25) is 0 Å². The molecule has 0 aliphatic rings. The molecular formula is C15H17ClN2O3S. The van der Waals surface area contributed by atoms with E-state index in [1.807, 2.05) is 12.3 Å². The van der Waals surface area contributed by atoms with Crippen molar-refractivity contribution in [1.29, 1.82) is 0 Å². The number of carbonyl (C=O) groups is 1. The van der Waals surface area contributed by atoms with Gasteiger partial charge in [-0.05, 0) is 42.2 Å². The summed E-state index contributed by atoms with van der Waals surface area (Å²) in [6.07, 6.45) is 3.48. The van der Waals surface area contributed by atoms with Crippen molar-refractivity contribution in [3.8, 4) is 0 Å². The molecule has 5 nitrogen and oxygen atoms in total. The summed E-state index contributed by atoms with van der Waals surface area (Å²) >= 11 is 7.75. The van der Waals surface area contributed by atoms with Gasteiger partial charge >= 0.3 is 6.03 Å². The molecule has 2 aromatic rings. The average molecular weight is 341 g/mol. The number of halogens is 1. The summed E-state index contributed by atoms with van der Waals surface area (Å²) in [5, 5.41) is 15.4. The topological polar surface area (TPSA) is 74.5 Å². The molecular weight excluding hydrogens is 324 g/mol. The number of carbonyl (C=O) groups excluding carboxylic acids is 1. The molecule has 22 heavy (non-hydrogen) atoms. The first-order valence-electron chi connectivity index (χ1n) is 6.63. The lowest BCUT2D eigenvalue weighted by Gasteiger charge is -2.15. The van der Waals surface area contributed by atoms with Gasteiger partial charge in [-0.2, -0.15) is 11.8 Å². The number of furan rings is 1. The van der Waals surface area contributed by atoms with E-state index in [0.29, 0.717) is 16.5 Å². The third-order valence-electron chi connectivity index (χ3n) is 2.98.